The van der Waals surface area contributed by atoms with Gasteiger partial charge in [-0.15, -0.1) is 0 Å². The van der Waals surface area contributed by atoms with Crippen LogP contribution in [-0.4, -0.2) is 39.2 Å². The fourth-order valence-electron chi connectivity index (χ4n) is 4.48. The number of carbonyl (C=O) groups is 3. The minimum absolute atomic E-state index is 0.0236. The number of nitrogens with one attached hydrogen (secondary N) is 2. The van der Waals surface area contributed by atoms with Crippen molar-refractivity contribution in [1.82, 2.24) is 9.97 Å². The number of alkyl halides is 6. The van der Waals surface area contributed by atoms with Crippen molar-refractivity contribution in [3.8, 4) is 0 Å². The molecular formula is C25H14F6N4O5. The highest BCUT2D eigenvalue weighted by atomic mass is 19.4. The van der Waals surface area contributed by atoms with Gasteiger partial charge in [-0.1, -0.05) is 30.3 Å². The zero-order valence-electron chi connectivity index (χ0n) is 19.6. The van der Waals surface area contributed by atoms with Crippen molar-refractivity contribution in [3.63, 3.8) is 0 Å². The van der Waals surface area contributed by atoms with Crippen LogP contribution in [0.4, 0.5) is 42.8 Å². The number of esters is 1. The third kappa shape index (κ3) is 4.34. The summed E-state index contributed by atoms with van der Waals surface area (Å²) in [6, 6.07) is 12.0. The van der Waals surface area contributed by atoms with Gasteiger partial charge in [0.05, 0.1) is 16.6 Å². The van der Waals surface area contributed by atoms with Gasteiger partial charge in [0.1, 0.15) is 0 Å². The molecule has 2 amide bonds. The molecule has 1 aromatic heterocycles. The van der Waals surface area contributed by atoms with Gasteiger partial charge >= 0.3 is 24.4 Å². The lowest BCUT2D eigenvalue weighted by atomic mass is 9.92. The zero-order valence-corrected chi connectivity index (χ0v) is 19.6. The molecule has 1 aliphatic heterocycles. The lowest BCUT2D eigenvalue weighted by Gasteiger charge is -2.39. The number of fused-ring (bicyclic) bond motifs is 2. The van der Waals surface area contributed by atoms with Gasteiger partial charge in [0.25, 0.3) is 5.91 Å². The quantitative estimate of drug-likeness (QED) is 0.218. The molecule has 15 heteroatoms. The fraction of sp³-hybridized carbons (Fsp3) is 0.120. The number of imidazole rings is 1. The molecule has 0 fully saturated rings. The van der Waals surface area contributed by atoms with E-state index in [4.69, 9.17) is 9.84 Å². The smallest absolute Gasteiger partial charge is 0.465 e. The van der Waals surface area contributed by atoms with Gasteiger partial charge in [0, 0.05) is 22.4 Å². The number of ether oxygens (including phenoxy) is 1. The Balaban J connectivity index is 1.81. The number of amides is 2. The molecule has 3 aromatic carbocycles. The Hall–Kier alpha value is -5.08. The van der Waals surface area contributed by atoms with Gasteiger partial charge < -0.3 is 14.8 Å². The van der Waals surface area contributed by atoms with Crippen LogP contribution in [0.2, 0.25) is 0 Å². The summed E-state index contributed by atoms with van der Waals surface area (Å²) in [6.45, 7) is 0. The number of carbonyl (C=O) groups excluding carboxylic acids is 2. The molecule has 0 saturated heterocycles. The minimum atomic E-state index is -5.55. The maximum Gasteiger partial charge on any atom is 0.491 e. The van der Waals surface area contributed by atoms with E-state index in [1.54, 1.807) is 0 Å². The van der Waals surface area contributed by atoms with Crippen LogP contribution in [0, 0.1) is 0 Å². The average molecular weight is 564 g/mol. The zero-order chi connectivity index (χ0) is 29.0. The van der Waals surface area contributed by atoms with E-state index in [1.807, 2.05) is 5.32 Å². The first-order chi connectivity index (χ1) is 18.7. The molecule has 0 bridgehead atoms. The molecule has 0 aliphatic carbocycles. The molecule has 206 valence electrons. The molecule has 9 nitrogen and oxygen atoms in total. The SMILES string of the molecule is O=C(O)Nc1nc2cc(C3(OC(=O)C(F)(F)F)c4ccccc4C(=O)N3c3cccc(C(F)(F)F)c3)ccc2[nH]1. The number of halogens is 6. The lowest BCUT2D eigenvalue weighted by Crippen LogP contribution is -2.50. The maximum atomic E-state index is 13.6. The Morgan fingerprint density at radius 3 is 2.38 bits per heavy atom. The highest BCUT2D eigenvalue weighted by Gasteiger charge is 2.58. The summed E-state index contributed by atoms with van der Waals surface area (Å²) in [5.41, 5.74) is -5.06. The van der Waals surface area contributed by atoms with Crippen LogP contribution in [-0.2, 0) is 21.4 Å². The molecular weight excluding hydrogens is 550 g/mol. The van der Waals surface area contributed by atoms with Crippen molar-refractivity contribution < 1.29 is 50.6 Å². The Morgan fingerprint density at radius 2 is 1.70 bits per heavy atom. The standard InChI is InChI=1S/C25H14F6N4O5/c26-24(27,28)13-4-3-5-14(10-13)35-19(36)15-6-1-2-7-16(15)23(35,40-20(37)25(29,30)31)12-8-9-17-18(11-12)33-21(32-17)34-22(38)39/h1-11H,(H,38,39)(H2,32,33,34). The molecule has 0 radical (unpaired) electrons. The first-order valence-corrected chi connectivity index (χ1v) is 11.1. The molecule has 5 rings (SSSR count). The number of nitrogens with zero attached hydrogens (tertiary/aromatic N) is 2. The van der Waals surface area contributed by atoms with Crippen LogP contribution in [0.15, 0.2) is 66.7 Å². The number of rotatable bonds is 4. The molecule has 1 unspecified atom stereocenters. The van der Waals surface area contributed by atoms with Crippen LogP contribution in [0.25, 0.3) is 11.0 Å². The largest absolute Gasteiger partial charge is 0.491 e. The monoisotopic (exact) mass is 564 g/mol. The maximum absolute atomic E-state index is 13.6. The van der Waals surface area contributed by atoms with Crippen LogP contribution >= 0.6 is 0 Å². The molecule has 40 heavy (non-hydrogen) atoms. The van der Waals surface area contributed by atoms with Crippen molar-refractivity contribution in [2.75, 3.05) is 10.2 Å². The van der Waals surface area contributed by atoms with Crippen molar-refractivity contribution in [2.24, 2.45) is 0 Å². The van der Waals surface area contributed by atoms with Gasteiger partial charge in [-0.3, -0.25) is 15.0 Å². The summed E-state index contributed by atoms with van der Waals surface area (Å²) >= 11 is 0. The predicted octanol–water partition coefficient (Wildman–Crippen LogP) is 5.64. The summed E-state index contributed by atoms with van der Waals surface area (Å²) in [7, 11) is 0. The second kappa shape index (κ2) is 9.00. The van der Waals surface area contributed by atoms with E-state index in [9.17, 15) is 40.7 Å². The topological polar surface area (TPSA) is 125 Å². The van der Waals surface area contributed by atoms with Crippen molar-refractivity contribution in [2.45, 2.75) is 18.1 Å². The summed E-state index contributed by atoms with van der Waals surface area (Å²) in [5.74, 6) is -4.01. The van der Waals surface area contributed by atoms with Gasteiger partial charge in [-0.05, 0) is 36.4 Å². The molecule has 1 aliphatic rings. The van der Waals surface area contributed by atoms with E-state index in [0.717, 1.165) is 18.2 Å². The normalized spacial score (nSPS) is 17.1. The van der Waals surface area contributed by atoms with Crippen LogP contribution in [0.5, 0.6) is 0 Å². The summed E-state index contributed by atoms with van der Waals surface area (Å²) in [5, 5.41) is 10.9. The molecule has 4 aromatic rings. The number of anilines is 2. The van der Waals surface area contributed by atoms with E-state index < -0.39 is 47.3 Å². The average Bonchev–Trinajstić information content (AvgIpc) is 3.38. The molecule has 2 heterocycles. The van der Waals surface area contributed by atoms with E-state index in [0.29, 0.717) is 17.0 Å². The number of aromatic nitrogens is 2. The summed E-state index contributed by atoms with van der Waals surface area (Å²) in [4.78, 5) is 44.2. The van der Waals surface area contributed by atoms with E-state index in [1.165, 1.54) is 36.4 Å². The van der Waals surface area contributed by atoms with E-state index in [2.05, 4.69) is 9.97 Å². The van der Waals surface area contributed by atoms with E-state index in [-0.39, 0.29) is 33.7 Å². The van der Waals surface area contributed by atoms with Crippen molar-refractivity contribution in [3.05, 3.63) is 89.0 Å². The highest BCUT2D eigenvalue weighted by molar-refractivity contribution is 6.13. The van der Waals surface area contributed by atoms with Gasteiger partial charge in [-0.2, -0.15) is 26.3 Å². The third-order valence-corrected chi connectivity index (χ3v) is 6.04. The molecule has 0 saturated carbocycles. The number of hydrogen-bond donors (Lipinski definition) is 3. The Morgan fingerprint density at radius 1 is 0.975 bits per heavy atom. The minimum Gasteiger partial charge on any atom is -0.465 e. The van der Waals surface area contributed by atoms with Gasteiger partial charge in [-0.25, -0.2) is 14.6 Å². The number of benzene rings is 3. The Labute approximate surface area is 219 Å². The lowest BCUT2D eigenvalue weighted by molar-refractivity contribution is -0.211. The molecule has 1 atom stereocenters. The van der Waals surface area contributed by atoms with Crippen LogP contribution < -0.4 is 10.2 Å². The Kier molecular flexibility index (Phi) is 5.97. The predicted molar refractivity (Wildman–Crippen MR) is 125 cm³/mol. The van der Waals surface area contributed by atoms with E-state index >= 15 is 0 Å². The van der Waals surface area contributed by atoms with Crippen LogP contribution in [0.1, 0.15) is 27.0 Å². The first kappa shape index (κ1) is 26.5. The Bertz CT molecular complexity index is 1680. The number of aromatic amines is 1. The van der Waals surface area contributed by atoms with Crippen LogP contribution in [0.3, 0.4) is 0 Å². The second-order valence-electron chi connectivity index (χ2n) is 8.51. The van der Waals surface area contributed by atoms with Crippen molar-refractivity contribution >= 4 is 40.6 Å². The fourth-order valence-corrected chi connectivity index (χ4v) is 4.48. The van der Waals surface area contributed by atoms with Gasteiger partial charge in [0.15, 0.2) is 0 Å². The number of H-pyrrole nitrogens is 1. The van der Waals surface area contributed by atoms with Crippen molar-refractivity contribution in [1.29, 1.82) is 0 Å². The molecule has 3 N–H and O–H groups in total. The first-order valence-electron chi connectivity index (χ1n) is 11.1. The third-order valence-electron chi connectivity index (χ3n) is 6.04. The highest BCUT2D eigenvalue weighted by Crippen LogP contribution is 2.49. The second-order valence-corrected chi connectivity index (χ2v) is 8.51. The number of hydrogen-bond acceptors (Lipinski definition) is 5. The van der Waals surface area contributed by atoms with Gasteiger partial charge in [0.2, 0.25) is 11.7 Å². The molecule has 0 spiro atoms. The number of carboxylic acid groups (broad SMARTS) is 1. The summed E-state index contributed by atoms with van der Waals surface area (Å²) < 4.78 is 86.5. The summed E-state index contributed by atoms with van der Waals surface area (Å²) in [6.07, 6.45) is -11.9.